The normalized spacial score (nSPS) is 11.9. The van der Waals surface area contributed by atoms with E-state index in [1.54, 1.807) is 0 Å². The molecule has 0 aliphatic rings. The Bertz CT molecular complexity index is 5080. The van der Waals surface area contributed by atoms with Crippen molar-refractivity contribution in [1.82, 2.24) is 0 Å². The van der Waals surface area contributed by atoms with E-state index in [1.807, 2.05) is 0 Å². The third-order valence-corrected chi connectivity index (χ3v) is 16.6. The number of hydrogen-bond donors (Lipinski definition) is 0. The molecule has 76 heavy (non-hydrogen) atoms. The van der Waals surface area contributed by atoms with Gasteiger partial charge in [0, 0.05) is 0 Å². The van der Waals surface area contributed by atoms with Gasteiger partial charge in [-0.05, 0) is 212 Å². The van der Waals surface area contributed by atoms with Gasteiger partial charge in [-0.15, -0.1) is 0 Å². The maximum atomic E-state index is 2.51. The zero-order valence-electron chi connectivity index (χ0n) is 41.6. The average molecular weight is 959 g/mol. The summed E-state index contributed by atoms with van der Waals surface area (Å²) < 4.78 is 0. The number of fused-ring (bicyclic) bond motifs is 16. The minimum absolute atomic E-state index is 1.18. The second-order valence-corrected chi connectivity index (χ2v) is 20.6. The van der Waals surface area contributed by atoms with E-state index in [2.05, 4.69) is 279 Å². The number of benzene rings is 16. The third-order valence-electron chi connectivity index (χ3n) is 16.6. The summed E-state index contributed by atoms with van der Waals surface area (Å²) in [6.45, 7) is 0. The van der Waals surface area contributed by atoms with Gasteiger partial charge < -0.3 is 0 Å². The Hall–Kier alpha value is -9.88. The summed E-state index contributed by atoms with van der Waals surface area (Å²) in [7, 11) is 0. The first-order valence-corrected chi connectivity index (χ1v) is 26.5. The Morgan fingerprint density at radius 1 is 0.118 bits per heavy atom. The third kappa shape index (κ3) is 6.51. The molecule has 0 nitrogen and oxygen atoms in total. The van der Waals surface area contributed by atoms with Crippen LogP contribution in [0.1, 0.15) is 0 Å². The lowest BCUT2D eigenvalue weighted by atomic mass is 9.84. The molecule has 0 radical (unpaired) electrons. The highest BCUT2D eigenvalue weighted by Crippen LogP contribution is 2.48. The van der Waals surface area contributed by atoms with Crippen LogP contribution in [-0.4, -0.2) is 0 Å². The Labute approximate surface area is 440 Å². The first-order chi connectivity index (χ1) is 37.7. The summed E-state index contributed by atoms with van der Waals surface area (Å²) in [4.78, 5) is 0. The van der Waals surface area contributed by atoms with Gasteiger partial charge in [-0.3, -0.25) is 0 Å². The minimum atomic E-state index is 1.18. The van der Waals surface area contributed by atoms with E-state index in [0.717, 1.165) is 0 Å². The molecule has 0 bridgehead atoms. The summed E-state index contributed by atoms with van der Waals surface area (Å²) in [5.41, 5.74) is 12.3. The maximum absolute atomic E-state index is 2.51. The molecule has 16 aromatic rings. The summed E-state index contributed by atoms with van der Waals surface area (Å²) in [5, 5.41) is 25.1. The lowest BCUT2D eigenvalue weighted by Crippen LogP contribution is -1.92. The van der Waals surface area contributed by atoms with Gasteiger partial charge in [-0.1, -0.05) is 231 Å². The van der Waals surface area contributed by atoms with Crippen molar-refractivity contribution in [3.63, 3.8) is 0 Å². The highest BCUT2D eigenvalue weighted by Gasteiger charge is 2.21. The van der Waals surface area contributed by atoms with E-state index in [1.165, 1.54) is 163 Å². The fourth-order valence-corrected chi connectivity index (χ4v) is 13.1. The summed E-state index contributed by atoms with van der Waals surface area (Å²) in [6, 6.07) is 105. The minimum Gasteiger partial charge on any atom is -0.0622 e. The molecule has 16 rings (SSSR count). The molecule has 0 spiro atoms. The topological polar surface area (TPSA) is 0 Å². The van der Waals surface area contributed by atoms with Crippen LogP contribution in [0.4, 0.5) is 0 Å². The molecule has 0 unspecified atom stereocenters. The molecule has 0 atom stereocenters. The van der Waals surface area contributed by atoms with Gasteiger partial charge in [0.05, 0.1) is 0 Å². The average Bonchev–Trinajstić information content (AvgIpc) is 3.56. The second-order valence-electron chi connectivity index (χ2n) is 20.6. The van der Waals surface area contributed by atoms with Gasteiger partial charge in [-0.25, -0.2) is 0 Å². The second kappa shape index (κ2) is 16.8. The molecule has 16 aromatic carbocycles. The Morgan fingerprint density at radius 2 is 0.382 bits per heavy atom. The highest BCUT2D eigenvalue weighted by molar-refractivity contribution is 6.29. The molecule has 0 fully saturated rings. The molecule has 0 saturated carbocycles. The van der Waals surface area contributed by atoms with Crippen LogP contribution < -0.4 is 0 Å². The van der Waals surface area contributed by atoms with Crippen molar-refractivity contribution in [2.45, 2.75) is 0 Å². The van der Waals surface area contributed by atoms with Crippen molar-refractivity contribution in [3.8, 4) is 55.6 Å². The molecule has 0 N–H and O–H groups in total. The van der Waals surface area contributed by atoms with Gasteiger partial charge in [0.25, 0.3) is 0 Å². The summed E-state index contributed by atoms with van der Waals surface area (Å²) in [6.07, 6.45) is 0. The predicted octanol–water partition coefficient (Wildman–Crippen LogP) is 21.6. The van der Waals surface area contributed by atoms with Gasteiger partial charge in [0.1, 0.15) is 0 Å². The highest BCUT2D eigenvalue weighted by atomic mass is 14.2. The predicted molar refractivity (Wildman–Crippen MR) is 329 cm³/mol. The van der Waals surface area contributed by atoms with Gasteiger partial charge in [0.2, 0.25) is 0 Å². The van der Waals surface area contributed by atoms with Crippen molar-refractivity contribution in [3.05, 3.63) is 279 Å². The first-order valence-electron chi connectivity index (χ1n) is 26.5. The van der Waals surface area contributed by atoms with E-state index in [0.29, 0.717) is 0 Å². The maximum Gasteiger partial charge on any atom is -0.00921 e. The summed E-state index contributed by atoms with van der Waals surface area (Å²) in [5.74, 6) is 0. The fraction of sp³-hybridized carbons (Fsp3) is 0. The standard InChI is InChI=1S/C76H46/c1-3-19-47(20-4-1)65-43-72-63-37-35-49(39-67(63)66(48-21-5-2-6-22-48)44-71(72)60-32-16-13-29-57(60)65)50-36-38-64-68(40-50)76(70-42-52-24-8-10-26-54(52)56-28-12-15-31-59(56)70)46-74-62-34-18-17-33-61(62)73(45-75(64)74)69-41-51-23-7-9-25-53(51)55-27-11-14-30-58(55)69/h1-46H. The first kappa shape index (κ1) is 42.6. The van der Waals surface area contributed by atoms with Crippen molar-refractivity contribution in [1.29, 1.82) is 0 Å². The molecule has 0 amide bonds. The molecular formula is C76H46. The van der Waals surface area contributed by atoms with Crippen molar-refractivity contribution < 1.29 is 0 Å². The Balaban J connectivity index is 0.998. The van der Waals surface area contributed by atoms with E-state index < -0.39 is 0 Å². The molecule has 0 aliphatic heterocycles. The smallest absolute Gasteiger partial charge is 0.00921 e. The van der Waals surface area contributed by atoms with E-state index in [-0.39, 0.29) is 0 Å². The van der Waals surface area contributed by atoms with Crippen molar-refractivity contribution in [2.75, 3.05) is 0 Å². The molecule has 0 aromatic heterocycles. The molecule has 0 heterocycles. The van der Waals surface area contributed by atoms with E-state index in [9.17, 15) is 0 Å². The molecular weight excluding hydrogens is 913 g/mol. The lowest BCUT2D eigenvalue weighted by Gasteiger charge is -2.20. The van der Waals surface area contributed by atoms with Crippen LogP contribution in [0.2, 0.25) is 0 Å². The van der Waals surface area contributed by atoms with Gasteiger partial charge >= 0.3 is 0 Å². The van der Waals surface area contributed by atoms with Gasteiger partial charge in [-0.2, -0.15) is 0 Å². The number of rotatable bonds is 5. The van der Waals surface area contributed by atoms with Crippen LogP contribution in [0.3, 0.4) is 0 Å². The van der Waals surface area contributed by atoms with Crippen LogP contribution in [0.15, 0.2) is 279 Å². The molecule has 350 valence electrons. The molecule has 0 aliphatic carbocycles. The van der Waals surface area contributed by atoms with Crippen LogP contribution in [0, 0.1) is 0 Å². The quantitative estimate of drug-likeness (QED) is 0.151. The number of hydrogen-bond acceptors (Lipinski definition) is 0. The van der Waals surface area contributed by atoms with Crippen LogP contribution >= 0.6 is 0 Å². The van der Waals surface area contributed by atoms with Crippen LogP contribution in [0.25, 0.3) is 163 Å². The zero-order valence-corrected chi connectivity index (χ0v) is 41.6. The van der Waals surface area contributed by atoms with E-state index in [4.69, 9.17) is 0 Å². The van der Waals surface area contributed by atoms with Crippen molar-refractivity contribution in [2.24, 2.45) is 0 Å². The summed E-state index contributed by atoms with van der Waals surface area (Å²) >= 11 is 0. The lowest BCUT2D eigenvalue weighted by molar-refractivity contribution is 1.65. The SMILES string of the molecule is c1ccc(-c2cc3c4ccc(-c5ccc6c(c5)c(-c5cc7ccccc7c7ccccc57)cc5c7ccccc7c(-c7cc8ccccc8c8ccccc78)cc65)cc4c(-c4ccccc4)cc3c3ccccc23)cc1. The van der Waals surface area contributed by atoms with Crippen LogP contribution in [0.5, 0.6) is 0 Å². The van der Waals surface area contributed by atoms with Gasteiger partial charge in [0.15, 0.2) is 0 Å². The van der Waals surface area contributed by atoms with E-state index >= 15 is 0 Å². The van der Waals surface area contributed by atoms with Crippen molar-refractivity contribution >= 4 is 108 Å². The Kier molecular flexibility index (Phi) is 9.44. The largest absolute Gasteiger partial charge is 0.0622 e. The van der Waals surface area contributed by atoms with Crippen LogP contribution in [-0.2, 0) is 0 Å². The fourth-order valence-electron chi connectivity index (χ4n) is 13.1. The molecule has 0 heteroatoms. The monoisotopic (exact) mass is 958 g/mol. The zero-order chi connectivity index (χ0) is 49.8. The Morgan fingerprint density at radius 3 is 0.803 bits per heavy atom. The molecule has 0 saturated heterocycles.